The van der Waals surface area contributed by atoms with Gasteiger partial charge in [0.15, 0.2) is 0 Å². The maximum Gasteiger partial charge on any atom is 0.307 e. The summed E-state index contributed by atoms with van der Waals surface area (Å²) in [6.07, 6.45) is 0.455. The maximum atomic E-state index is 12.4. The van der Waals surface area contributed by atoms with Gasteiger partial charge in [0.2, 0.25) is 5.88 Å². The van der Waals surface area contributed by atoms with Crippen LogP contribution in [0.3, 0.4) is 0 Å². The minimum atomic E-state index is -0.277. The summed E-state index contributed by atoms with van der Waals surface area (Å²) in [5.74, 6) is 1.09. The lowest BCUT2D eigenvalue weighted by molar-refractivity contribution is 0.289. The van der Waals surface area contributed by atoms with Gasteiger partial charge in [0.05, 0.1) is 15.8 Å². The third-order valence-electron chi connectivity index (χ3n) is 4.43. The summed E-state index contributed by atoms with van der Waals surface area (Å²) in [6.45, 7) is 0.163. The summed E-state index contributed by atoms with van der Waals surface area (Å²) >= 11 is 0.992. The van der Waals surface area contributed by atoms with E-state index in [2.05, 4.69) is 9.97 Å². The van der Waals surface area contributed by atoms with Gasteiger partial charge in [-0.25, -0.2) is 4.98 Å². The summed E-state index contributed by atoms with van der Waals surface area (Å²) in [6, 6.07) is 14.6. The van der Waals surface area contributed by atoms with E-state index in [-0.39, 0.29) is 22.9 Å². The van der Waals surface area contributed by atoms with Crippen molar-refractivity contribution < 1.29 is 9.84 Å². The lowest BCUT2D eigenvalue weighted by atomic mass is 10.1. The number of benzene rings is 2. The number of aromatic nitrogens is 3. The Morgan fingerprint density at radius 1 is 1.14 bits per heavy atom. The maximum absolute atomic E-state index is 12.4. The molecule has 8 heteroatoms. The van der Waals surface area contributed by atoms with Crippen LogP contribution in [0.15, 0.2) is 58.1 Å². The number of aromatic amines is 1. The van der Waals surface area contributed by atoms with Crippen molar-refractivity contribution in [1.29, 1.82) is 0 Å². The predicted molar refractivity (Wildman–Crippen MR) is 107 cm³/mol. The van der Waals surface area contributed by atoms with Gasteiger partial charge in [-0.15, -0.1) is 0 Å². The molecule has 0 bridgehead atoms. The second-order valence-corrected chi connectivity index (χ2v) is 7.37. The van der Waals surface area contributed by atoms with Gasteiger partial charge in [0, 0.05) is 13.5 Å². The molecule has 0 fully saturated rings. The largest absolute Gasteiger partial charge is 0.494 e. The zero-order valence-corrected chi connectivity index (χ0v) is 15.8. The number of thiazole rings is 1. The smallest absolute Gasteiger partial charge is 0.307 e. The number of H-pyrrole nitrogens is 1. The molecule has 2 heterocycles. The molecular weight excluding hydrogens is 378 g/mol. The van der Waals surface area contributed by atoms with Crippen LogP contribution in [-0.4, -0.2) is 19.6 Å². The van der Waals surface area contributed by atoms with Crippen molar-refractivity contribution in [2.75, 3.05) is 0 Å². The van der Waals surface area contributed by atoms with E-state index in [4.69, 9.17) is 4.74 Å². The summed E-state index contributed by atoms with van der Waals surface area (Å²) in [5.41, 5.74) is 1.48. The van der Waals surface area contributed by atoms with Crippen molar-refractivity contribution in [1.82, 2.24) is 14.5 Å². The van der Waals surface area contributed by atoms with Gasteiger partial charge in [0.25, 0.3) is 5.56 Å². The Morgan fingerprint density at radius 3 is 2.61 bits per heavy atom. The first-order chi connectivity index (χ1) is 13.5. The van der Waals surface area contributed by atoms with Crippen LogP contribution in [0.5, 0.6) is 11.6 Å². The van der Waals surface area contributed by atoms with Gasteiger partial charge in [-0.05, 0) is 29.8 Å². The van der Waals surface area contributed by atoms with Crippen molar-refractivity contribution >= 4 is 22.2 Å². The van der Waals surface area contributed by atoms with Gasteiger partial charge >= 0.3 is 4.87 Å². The predicted octanol–water partition coefficient (Wildman–Crippen LogP) is 2.56. The molecule has 142 valence electrons. The molecule has 0 aliphatic carbocycles. The molecule has 0 saturated heterocycles. The first-order valence-electron chi connectivity index (χ1n) is 8.58. The molecule has 0 amide bonds. The monoisotopic (exact) mass is 395 g/mol. The quantitative estimate of drug-likeness (QED) is 0.541. The van der Waals surface area contributed by atoms with E-state index in [0.717, 1.165) is 16.9 Å². The van der Waals surface area contributed by atoms with Crippen LogP contribution in [0.2, 0.25) is 0 Å². The van der Waals surface area contributed by atoms with E-state index < -0.39 is 0 Å². The molecule has 0 spiro atoms. The van der Waals surface area contributed by atoms with E-state index in [9.17, 15) is 14.7 Å². The summed E-state index contributed by atoms with van der Waals surface area (Å²) in [7, 11) is 1.68. The van der Waals surface area contributed by atoms with Gasteiger partial charge in [0.1, 0.15) is 18.2 Å². The molecule has 0 aliphatic rings. The molecule has 0 saturated carbocycles. The molecule has 0 aliphatic heterocycles. The first kappa shape index (κ1) is 18.0. The Labute approximate surface area is 163 Å². The Balaban J connectivity index is 1.49. The summed E-state index contributed by atoms with van der Waals surface area (Å²) < 4.78 is 7.28. The lowest BCUT2D eigenvalue weighted by Gasteiger charge is -2.11. The summed E-state index contributed by atoms with van der Waals surface area (Å²) in [5, 5.41) is 10.3. The molecule has 7 nitrogen and oxygen atoms in total. The molecule has 0 radical (unpaired) electrons. The van der Waals surface area contributed by atoms with Crippen LogP contribution in [0.25, 0.3) is 10.9 Å². The van der Waals surface area contributed by atoms with Crippen molar-refractivity contribution in [2.24, 2.45) is 7.05 Å². The Kier molecular flexibility index (Phi) is 4.70. The molecule has 0 atom stereocenters. The second kappa shape index (κ2) is 7.32. The third-order valence-corrected chi connectivity index (χ3v) is 5.30. The number of hydrogen-bond acceptors (Lipinski definition) is 6. The zero-order chi connectivity index (χ0) is 19.7. The highest BCUT2D eigenvalue weighted by Crippen LogP contribution is 2.22. The topological polar surface area (TPSA) is 97.2 Å². The van der Waals surface area contributed by atoms with Crippen molar-refractivity contribution in [3.8, 4) is 11.6 Å². The van der Waals surface area contributed by atoms with E-state index in [0.29, 0.717) is 33.8 Å². The van der Waals surface area contributed by atoms with Gasteiger partial charge < -0.3 is 9.84 Å². The highest BCUT2D eigenvalue weighted by molar-refractivity contribution is 7.09. The minimum absolute atomic E-state index is 0.0846. The average molecular weight is 395 g/mol. The molecule has 4 rings (SSSR count). The van der Waals surface area contributed by atoms with E-state index in [1.54, 1.807) is 31.3 Å². The Morgan fingerprint density at radius 2 is 1.89 bits per heavy atom. The number of rotatable bonds is 5. The fourth-order valence-electron chi connectivity index (χ4n) is 2.90. The van der Waals surface area contributed by atoms with E-state index >= 15 is 0 Å². The SMILES string of the molecule is Cn1c(COc2ccc(Cc3sc(=O)[nH]c3O)cc2)nc2ccccc2c1=O. The number of nitrogens with zero attached hydrogens (tertiary/aromatic N) is 2. The van der Waals surface area contributed by atoms with Crippen molar-refractivity contribution in [3.63, 3.8) is 0 Å². The number of aromatic hydroxyl groups is 1. The minimum Gasteiger partial charge on any atom is -0.494 e. The first-order valence-corrected chi connectivity index (χ1v) is 9.40. The standard InChI is InChI=1S/C20H17N3O4S/c1-23-17(21-15-5-3-2-4-14(15)19(23)25)11-27-13-8-6-12(7-9-13)10-16-18(24)22-20(26)28-16/h2-9,24H,10-11H2,1H3,(H,22,26). The van der Waals surface area contributed by atoms with Crippen LogP contribution in [-0.2, 0) is 20.1 Å². The average Bonchev–Trinajstić information content (AvgIpc) is 3.01. The fourth-order valence-corrected chi connectivity index (χ4v) is 3.66. The number of fused-ring (bicyclic) bond motifs is 1. The van der Waals surface area contributed by atoms with Crippen molar-refractivity contribution in [2.45, 2.75) is 13.0 Å². The molecule has 2 aromatic carbocycles. The van der Waals surface area contributed by atoms with Crippen LogP contribution in [0.1, 0.15) is 16.3 Å². The third kappa shape index (κ3) is 3.54. The Bertz CT molecular complexity index is 1260. The molecule has 0 unspecified atom stereocenters. The van der Waals surface area contributed by atoms with Crippen LogP contribution in [0, 0.1) is 0 Å². The normalized spacial score (nSPS) is 11.0. The van der Waals surface area contributed by atoms with Crippen molar-refractivity contribution in [3.05, 3.63) is 84.8 Å². The Hall–Kier alpha value is -3.39. The van der Waals surface area contributed by atoms with Gasteiger partial charge in [-0.2, -0.15) is 0 Å². The van der Waals surface area contributed by atoms with E-state index in [1.807, 2.05) is 24.3 Å². The molecule has 28 heavy (non-hydrogen) atoms. The van der Waals surface area contributed by atoms with Crippen LogP contribution >= 0.6 is 11.3 Å². The molecule has 2 aromatic heterocycles. The molecule has 4 aromatic rings. The van der Waals surface area contributed by atoms with Crippen LogP contribution < -0.4 is 15.2 Å². The lowest BCUT2D eigenvalue weighted by Crippen LogP contribution is -2.23. The zero-order valence-electron chi connectivity index (χ0n) is 15.0. The number of para-hydroxylation sites is 1. The van der Waals surface area contributed by atoms with Crippen LogP contribution in [0.4, 0.5) is 0 Å². The fraction of sp³-hybridized carbons (Fsp3) is 0.150. The molecular formula is C20H17N3O4S. The van der Waals surface area contributed by atoms with Gasteiger partial charge in [-0.1, -0.05) is 35.6 Å². The number of hydrogen-bond donors (Lipinski definition) is 2. The highest BCUT2D eigenvalue weighted by Gasteiger charge is 2.10. The second-order valence-electron chi connectivity index (χ2n) is 6.31. The molecule has 2 N–H and O–H groups in total. The number of nitrogens with one attached hydrogen (secondary N) is 1. The highest BCUT2D eigenvalue weighted by atomic mass is 32.1. The number of ether oxygens (including phenoxy) is 1. The van der Waals surface area contributed by atoms with Gasteiger partial charge in [-0.3, -0.25) is 19.1 Å². The van der Waals surface area contributed by atoms with E-state index in [1.165, 1.54) is 4.57 Å². The summed E-state index contributed by atoms with van der Waals surface area (Å²) in [4.78, 5) is 30.9.